The molecule has 0 aliphatic heterocycles. The molecule has 0 saturated heterocycles. The van der Waals surface area contributed by atoms with Crippen LogP contribution in [0.25, 0.3) is 0 Å². The molecular formula is C12H20N2O. The zero-order valence-corrected chi connectivity index (χ0v) is 9.84. The van der Waals surface area contributed by atoms with E-state index in [1.165, 1.54) is 0 Å². The maximum absolute atomic E-state index is 5.52. The van der Waals surface area contributed by atoms with Gasteiger partial charge in [-0.25, -0.2) is 0 Å². The van der Waals surface area contributed by atoms with Crippen LogP contribution in [0.5, 0.6) is 5.75 Å². The van der Waals surface area contributed by atoms with Crippen LogP contribution in [0.1, 0.15) is 31.7 Å². The highest BCUT2D eigenvalue weighted by Crippen LogP contribution is 2.16. The van der Waals surface area contributed by atoms with Gasteiger partial charge in [0, 0.05) is 12.2 Å². The van der Waals surface area contributed by atoms with Crippen molar-refractivity contribution in [1.29, 1.82) is 0 Å². The fourth-order valence-corrected chi connectivity index (χ4v) is 1.39. The Morgan fingerprint density at radius 2 is 2.13 bits per heavy atom. The first kappa shape index (κ1) is 12.0. The van der Waals surface area contributed by atoms with Crippen LogP contribution in [0, 0.1) is 6.92 Å². The second-order valence-corrected chi connectivity index (χ2v) is 3.51. The van der Waals surface area contributed by atoms with E-state index in [2.05, 4.69) is 17.2 Å². The molecule has 1 aromatic rings. The van der Waals surface area contributed by atoms with Gasteiger partial charge >= 0.3 is 0 Å². The molecule has 0 atom stereocenters. The molecule has 1 aromatic heterocycles. The number of rotatable bonds is 6. The van der Waals surface area contributed by atoms with Gasteiger partial charge in [0.2, 0.25) is 0 Å². The van der Waals surface area contributed by atoms with Crippen LogP contribution in [-0.2, 0) is 6.54 Å². The Kier molecular flexibility index (Phi) is 5.12. The number of hydrogen-bond donors (Lipinski definition) is 1. The number of aryl methyl sites for hydroxylation is 1. The van der Waals surface area contributed by atoms with E-state index >= 15 is 0 Å². The minimum absolute atomic E-state index is 0.686. The van der Waals surface area contributed by atoms with Gasteiger partial charge in [-0.05, 0) is 38.9 Å². The molecule has 3 nitrogen and oxygen atoms in total. The SMILES string of the molecule is CCCNCc1nc(C)ccc1OCC. The highest BCUT2D eigenvalue weighted by molar-refractivity contribution is 5.29. The standard InChI is InChI=1S/C12H20N2O/c1-4-8-13-9-11-12(15-5-2)7-6-10(3)14-11/h6-7,13H,4-5,8-9H2,1-3H3. The summed E-state index contributed by atoms with van der Waals surface area (Å²) in [5, 5.41) is 3.33. The number of nitrogens with zero attached hydrogens (tertiary/aromatic N) is 1. The average Bonchev–Trinajstić information content (AvgIpc) is 2.22. The fourth-order valence-electron chi connectivity index (χ4n) is 1.39. The molecule has 3 heteroatoms. The van der Waals surface area contributed by atoms with E-state index in [-0.39, 0.29) is 0 Å². The highest BCUT2D eigenvalue weighted by atomic mass is 16.5. The van der Waals surface area contributed by atoms with Crippen LogP contribution >= 0.6 is 0 Å². The van der Waals surface area contributed by atoms with Gasteiger partial charge in [0.05, 0.1) is 12.3 Å². The lowest BCUT2D eigenvalue weighted by atomic mass is 10.3. The molecule has 0 aliphatic carbocycles. The quantitative estimate of drug-likeness (QED) is 0.728. The van der Waals surface area contributed by atoms with Gasteiger partial charge in [-0.15, -0.1) is 0 Å². The van der Waals surface area contributed by atoms with Crippen LogP contribution in [0.2, 0.25) is 0 Å². The zero-order chi connectivity index (χ0) is 11.1. The lowest BCUT2D eigenvalue weighted by Gasteiger charge is -2.10. The number of pyridine rings is 1. The molecule has 1 N–H and O–H groups in total. The Labute approximate surface area is 91.9 Å². The van der Waals surface area contributed by atoms with Crippen LogP contribution < -0.4 is 10.1 Å². The summed E-state index contributed by atoms with van der Waals surface area (Å²) < 4.78 is 5.52. The predicted molar refractivity (Wildman–Crippen MR) is 62.1 cm³/mol. The predicted octanol–water partition coefficient (Wildman–Crippen LogP) is 2.29. The van der Waals surface area contributed by atoms with Crippen molar-refractivity contribution in [3.8, 4) is 5.75 Å². The molecule has 0 aromatic carbocycles. The number of aromatic nitrogens is 1. The Bertz CT molecular complexity index is 300. The van der Waals surface area contributed by atoms with Crippen LogP contribution in [-0.4, -0.2) is 18.1 Å². The Morgan fingerprint density at radius 1 is 1.33 bits per heavy atom. The summed E-state index contributed by atoms with van der Waals surface area (Å²) in [6.07, 6.45) is 1.13. The third-order valence-electron chi connectivity index (χ3n) is 2.09. The molecule has 0 saturated carbocycles. The van der Waals surface area contributed by atoms with Crippen molar-refractivity contribution >= 4 is 0 Å². The molecule has 15 heavy (non-hydrogen) atoms. The van der Waals surface area contributed by atoms with E-state index < -0.39 is 0 Å². The molecule has 0 fully saturated rings. The molecule has 84 valence electrons. The van der Waals surface area contributed by atoms with Crippen molar-refractivity contribution in [1.82, 2.24) is 10.3 Å². The van der Waals surface area contributed by atoms with Gasteiger partial charge in [-0.2, -0.15) is 0 Å². The topological polar surface area (TPSA) is 34.2 Å². The van der Waals surface area contributed by atoms with E-state index in [0.29, 0.717) is 6.61 Å². The van der Waals surface area contributed by atoms with Gasteiger partial charge in [0.15, 0.2) is 0 Å². The second-order valence-electron chi connectivity index (χ2n) is 3.51. The first-order chi connectivity index (χ1) is 7.27. The molecule has 0 spiro atoms. The number of hydrogen-bond acceptors (Lipinski definition) is 3. The molecule has 0 bridgehead atoms. The van der Waals surface area contributed by atoms with Crippen LogP contribution in [0.4, 0.5) is 0 Å². The Balaban J connectivity index is 2.68. The first-order valence-corrected chi connectivity index (χ1v) is 5.58. The summed E-state index contributed by atoms with van der Waals surface area (Å²) in [6, 6.07) is 3.98. The maximum Gasteiger partial charge on any atom is 0.142 e. The van der Waals surface area contributed by atoms with Crippen molar-refractivity contribution in [2.45, 2.75) is 33.7 Å². The van der Waals surface area contributed by atoms with E-state index in [1.54, 1.807) is 0 Å². The summed E-state index contributed by atoms with van der Waals surface area (Å²) in [4.78, 5) is 4.48. The number of ether oxygens (including phenoxy) is 1. The zero-order valence-electron chi connectivity index (χ0n) is 9.84. The van der Waals surface area contributed by atoms with E-state index in [0.717, 1.165) is 36.6 Å². The van der Waals surface area contributed by atoms with Gasteiger partial charge < -0.3 is 10.1 Å². The molecular weight excluding hydrogens is 188 g/mol. The van der Waals surface area contributed by atoms with Crippen molar-refractivity contribution in [2.24, 2.45) is 0 Å². The Morgan fingerprint density at radius 3 is 2.80 bits per heavy atom. The molecule has 0 amide bonds. The van der Waals surface area contributed by atoms with Gasteiger partial charge in [0.25, 0.3) is 0 Å². The minimum atomic E-state index is 0.686. The highest BCUT2D eigenvalue weighted by Gasteiger charge is 2.04. The summed E-state index contributed by atoms with van der Waals surface area (Å²) in [5.41, 5.74) is 2.04. The smallest absolute Gasteiger partial charge is 0.142 e. The van der Waals surface area contributed by atoms with E-state index in [1.807, 2.05) is 26.0 Å². The summed E-state index contributed by atoms with van der Waals surface area (Å²) in [5.74, 6) is 0.895. The van der Waals surface area contributed by atoms with E-state index in [4.69, 9.17) is 4.74 Å². The first-order valence-electron chi connectivity index (χ1n) is 5.58. The summed E-state index contributed by atoms with van der Waals surface area (Å²) in [7, 11) is 0. The van der Waals surface area contributed by atoms with Crippen molar-refractivity contribution in [2.75, 3.05) is 13.2 Å². The number of nitrogens with one attached hydrogen (secondary N) is 1. The summed E-state index contributed by atoms with van der Waals surface area (Å²) >= 11 is 0. The van der Waals surface area contributed by atoms with Crippen molar-refractivity contribution in [3.63, 3.8) is 0 Å². The largest absolute Gasteiger partial charge is 0.492 e. The van der Waals surface area contributed by atoms with Crippen molar-refractivity contribution < 1.29 is 4.74 Å². The second kappa shape index (κ2) is 6.40. The fraction of sp³-hybridized carbons (Fsp3) is 0.583. The van der Waals surface area contributed by atoms with E-state index in [9.17, 15) is 0 Å². The molecule has 1 rings (SSSR count). The third kappa shape index (κ3) is 3.88. The lowest BCUT2D eigenvalue weighted by molar-refractivity contribution is 0.333. The lowest BCUT2D eigenvalue weighted by Crippen LogP contribution is -2.16. The average molecular weight is 208 g/mol. The van der Waals surface area contributed by atoms with Crippen LogP contribution in [0.15, 0.2) is 12.1 Å². The van der Waals surface area contributed by atoms with Gasteiger partial charge in [0.1, 0.15) is 5.75 Å². The molecule has 1 heterocycles. The third-order valence-corrected chi connectivity index (χ3v) is 2.09. The maximum atomic E-state index is 5.52. The Hall–Kier alpha value is -1.09. The van der Waals surface area contributed by atoms with Crippen LogP contribution in [0.3, 0.4) is 0 Å². The molecule has 0 aliphatic rings. The summed E-state index contributed by atoms with van der Waals surface area (Å²) in [6.45, 7) is 8.62. The molecule has 0 unspecified atom stereocenters. The van der Waals surface area contributed by atoms with Crippen molar-refractivity contribution in [3.05, 3.63) is 23.5 Å². The van der Waals surface area contributed by atoms with Gasteiger partial charge in [-0.1, -0.05) is 6.92 Å². The van der Waals surface area contributed by atoms with Gasteiger partial charge in [-0.3, -0.25) is 4.98 Å². The molecule has 0 radical (unpaired) electrons. The normalized spacial score (nSPS) is 10.3. The minimum Gasteiger partial charge on any atom is -0.492 e. The monoisotopic (exact) mass is 208 g/mol.